The van der Waals surface area contributed by atoms with Crippen molar-refractivity contribution in [3.8, 4) is 0 Å². The average molecular weight is 427 g/mol. The van der Waals surface area contributed by atoms with Gasteiger partial charge in [-0.25, -0.2) is 0 Å². The second-order valence-electron chi connectivity index (χ2n) is 14.4. The number of hydrogen-bond acceptors (Lipinski definition) is 1. The third-order valence-corrected chi connectivity index (χ3v) is 13.0. The molecular formula is C30H50O. The summed E-state index contributed by atoms with van der Waals surface area (Å²) >= 11 is 0. The van der Waals surface area contributed by atoms with Crippen molar-refractivity contribution in [1.82, 2.24) is 0 Å². The molecule has 1 N–H and O–H groups in total. The van der Waals surface area contributed by atoms with E-state index in [0.29, 0.717) is 21.7 Å². The second-order valence-corrected chi connectivity index (χ2v) is 14.4. The van der Waals surface area contributed by atoms with Gasteiger partial charge in [-0.05, 0) is 135 Å². The van der Waals surface area contributed by atoms with E-state index in [4.69, 9.17) is 0 Å². The Hall–Kier alpha value is -0.300. The van der Waals surface area contributed by atoms with Gasteiger partial charge in [0.1, 0.15) is 0 Å². The van der Waals surface area contributed by atoms with Crippen molar-refractivity contribution in [2.24, 2.45) is 50.7 Å². The molecule has 0 aromatic carbocycles. The van der Waals surface area contributed by atoms with Crippen molar-refractivity contribution in [2.75, 3.05) is 0 Å². The number of hydrogen-bond donors (Lipinski definition) is 1. The van der Waals surface area contributed by atoms with Crippen LogP contribution in [-0.4, -0.2) is 11.2 Å². The number of allylic oxidation sites excluding steroid dienone is 2. The highest BCUT2D eigenvalue weighted by atomic mass is 16.3. The van der Waals surface area contributed by atoms with Gasteiger partial charge in [0.15, 0.2) is 0 Å². The Balaban J connectivity index is 1.41. The van der Waals surface area contributed by atoms with Crippen LogP contribution in [0.25, 0.3) is 0 Å². The molecule has 1 nitrogen and oxygen atoms in total. The molecular weight excluding hydrogens is 376 g/mol. The van der Waals surface area contributed by atoms with E-state index in [0.717, 1.165) is 30.1 Å². The van der Waals surface area contributed by atoms with Crippen LogP contribution in [-0.2, 0) is 0 Å². The lowest BCUT2D eigenvalue weighted by Gasteiger charge is -2.63. The Kier molecular flexibility index (Phi) is 4.98. The standard InChI is InChI=1S/C30H50O/c1-20(2)9-8-10-21(3)22-13-15-28(7)24-12-11-23-26(4,5)25(31)14-16-29(23)19-30(24,29)18-17-27(22,28)6/h9,21-25,31H,8,10-19H2,1-7H3/t21-,22?,23?,24?,25+,27-,28+,29+,30+/m1/s1. The van der Waals surface area contributed by atoms with Crippen LogP contribution in [0.5, 0.6) is 0 Å². The molecule has 31 heavy (non-hydrogen) atoms. The molecule has 0 heterocycles. The minimum atomic E-state index is -0.0840. The first-order valence-corrected chi connectivity index (χ1v) is 13.8. The van der Waals surface area contributed by atoms with Gasteiger partial charge < -0.3 is 5.11 Å². The molecule has 5 rings (SSSR count). The maximum atomic E-state index is 10.8. The summed E-state index contributed by atoms with van der Waals surface area (Å²) in [6, 6.07) is 0. The topological polar surface area (TPSA) is 20.2 Å². The van der Waals surface area contributed by atoms with E-state index in [1.807, 2.05) is 0 Å². The van der Waals surface area contributed by atoms with Crippen LogP contribution in [0.2, 0.25) is 0 Å². The lowest BCUT2D eigenvalue weighted by molar-refractivity contribution is -0.161. The van der Waals surface area contributed by atoms with Crippen LogP contribution in [0.15, 0.2) is 11.6 Å². The zero-order chi connectivity index (χ0) is 22.4. The fourth-order valence-corrected chi connectivity index (χ4v) is 11.1. The van der Waals surface area contributed by atoms with E-state index in [1.165, 1.54) is 69.8 Å². The van der Waals surface area contributed by atoms with Gasteiger partial charge in [0, 0.05) is 0 Å². The van der Waals surface area contributed by atoms with Crippen molar-refractivity contribution in [3.05, 3.63) is 11.6 Å². The van der Waals surface area contributed by atoms with Gasteiger partial charge in [0.05, 0.1) is 6.10 Å². The highest BCUT2D eigenvalue weighted by molar-refractivity contribution is 5.30. The summed E-state index contributed by atoms with van der Waals surface area (Å²) < 4.78 is 0. The van der Waals surface area contributed by atoms with Crippen molar-refractivity contribution < 1.29 is 5.11 Å². The Labute approximate surface area is 192 Å². The zero-order valence-electron chi connectivity index (χ0n) is 21.7. The predicted molar refractivity (Wildman–Crippen MR) is 131 cm³/mol. The van der Waals surface area contributed by atoms with E-state index < -0.39 is 0 Å². The number of aliphatic hydroxyl groups excluding tert-OH is 1. The molecule has 0 aliphatic heterocycles. The van der Waals surface area contributed by atoms with Gasteiger partial charge in [-0.15, -0.1) is 0 Å². The van der Waals surface area contributed by atoms with Crippen molar-refractivity contribution >= 4 is 0 Å². The lowest BCUT2D eigenvalue weighted by Crippen LogP contribution is -2.57. The van der Waals surface area contributed by atoms with Gasteiger partial charge >= 0.3 is 0 Å². The minimum absolute atomic E-state index is 0.0840. The van der Waals surface area contributed by atoms with Gasteiger partial charge in [-0.3, -0.25) is 0 Å². The quantitative estimate of drug-likeness (QED) is 0.449. The van der Waals surface area contributed by atoms with Crippen molar-refractivity contribution in [2.45, 2.75) is 125 Å². The summed E-state index contributed by atoms with van der Waals surface area (Å²) in [4.78, 5) is 0. The predicted octanol–water partition coefficient (Wildman–Crippen LogP) is 8.17. The van der Waals surface area contributed by atoms with E-state index in [9.17, 15) is 5.11 Å². The number of fused-ring (bicyclic) bond motifs is 2. The van der Waals surface area contributed by atoms with Crippen LogP contribution in [0.1, 0.15) is 119 Å². The van der Waals surface area contributed by atoms with Crippen LogP contribution in [0.3, 0.4) is 0 Å². The molecule has 5 aliphatic carbocycles. The normalized spacial score (nSPS) is 52.9. The minimum Gasteiger partial charge on any atom is -0.393 e. The lowest BCUT2D eigenvalue weighted by atomic mass is 9.41. The highest BCUT2D eigenvalue weighted by Crippen LogP contribution is 2.89. The molecule has 0 saturated heterocycles. The number of aliphatic hydroxyl groups is 1. The van der Waals surface area contributed by atoms with Gasteiger partial charge in [-0.2, -0.15) is 0 Å². The summed E-state index contributed by atoms with van der Waals surface area (Å²) in [6.07, 6.45) is 17.6. The maximum Gasteiger partial charge on any atom is 0.0594 e. The third-order valence-electron chi connectivity index (χ3n) is 13.0. The summed E-state index contributed by atoms with van der Waals surface area (Å²) in [5.74, 6) is 3.46. The molecule has 9 atom stereocenters. The Morgan fingerprint density at radius 1 is 0.871 bits per heavy atom. The fraction of sp³-hybridized carbons (Fsp3) is 0.933. The molecule has 0 amide bonds. The molecule has 176 valence electrons. The van der Waals surface area contributed by atoms with E-state index in [2.05, 4.69) is 54.5 Å². The molecule has 0 aromatic heterocycles. The monoisotopic (exact) mass is 426 g/mol. The smallest absolute Gasteiger partial charge is 0.0594 e. The van der Waals surface area contributed by atoms with E-state index >= 15 is 0 Å². The van der Waals surface area contributed by atoms with Gasteiger partial charge in [-0.1, -0.05) is 46.3 Å². The molecule has 5 saturated carbocycles. The molecule has 5 aliphatic rings. The van der Waals surface area contributed by atoms with Crippen LogP contribution in [0, 0.1) is 50.7 Å². The van der Waals surface area contributed by atoms with E-state index in [1.54, 1.807) is 0 Å². The summed E-state index contributed by atoms with van der Waals surface area (Å²) in [7, 11) is 0. The van der Waals surface area contributed by atoms with Crippen molar-refractivity contribution in [1.29, 1.82) is 0 Å². The first-order valence-electron chi connectivity index (χ1n) is 13.8. The van der Waals surface area contributed by atoms with Crippen LogP contribution in [0.4, 0.5) is 0 Å². The third kappa shape index (κ3) is 2.71. The molecule has 1 heteroatoms. The highest BCUT2D eigenvalue weighted by Gasteiger charge is 2.82. The van der Waals surface area contributed by atoms with Crippen molar-refractivity contribution in [3.63, 3.8) is 0 Å². The molecule has 3 unspecified atom stereocenters. The molecule has 0 bridgehead atoms. The Bertz CT molecular complexity index is 760. The molecule has 2 spiro atoms. The molecule has 0 radical (unpaired) electrons. The Morgan fingerprint density at radius 2 is 1.55 bits per heavy atom. The first kappa shape index (κ1) is 22.5. The first-order chi connectivity index (χ1) is 14.4. The fourth-order valence-electron chi connectivity index (χ4n) is 11.1. The van der Waals surface area contributed by atoms with Gasteiger partial charge in [0.2, 0.25) is 0 Å². The summed E-state index contributed by atoms with van der Waals surface area (Å²) in [5.41, 5.74) is 3.87. The average Bonchev–Trinajstić information content (AvgIpc) is 3.27. The molecule has 0 aromatic rings. The van der Waals surface area contributed by atoms with Gasteiger partial charge in [0.25, 0.3) is 0 Å². The summed E-state index contributed by atoms with van der Waals surface area (Å²) in [5, 5.41) is 10.8. The van der Waals surface area contributed by atoms with E-state index in [-0.39, 0.29) is 11.5 Å². The van der Waals surface area contributed by atoms with Crippen LogP contribution >= 0.6 is 0 Å². The number of rotatable bonds is 4. The summed E-state index contributed by atoms with van der Waals surface area (Å²) in [6.45, 7) is 17.3. The SMILES string of the molecule is CC(C)=CCC[C@@H](C)C1CC[C@@]2(C)C3CCC4C(C)(C)[C@@H](O)CC[C@]45C[C@@]35CC[C@]12C. The Morgan fingerprint density at radius 3 is 2.26 bits per heavy atom. The maximum absolute atomic E-state index is 10.8. The molecule has 5 fully saturated rings. The largest absolute Gasteiger partial charge is 0.393 e. The van der Waals surface area contributed by atoms with Crippen LogP contribution < -0.4 is 0 Å². The second kappa shape index (κ2) is 6.86. The zero-order valence-corrected chi connectivity index (χ0v) is 21.7.